The highest BCUT2D eigenvalue weighted by molar-refractivity contribution is 7.22. The average molecular weight is 715 g/mol. The smallest absolute Gasteiger partial charge is 0.416 e. The summed E-state index contributed by atoms with van der Waals surface area (Å²) >= 11 is 2.48. The lowest BCUT2D eigenvalue weighted by Crippen LogP contribution is -2.39. The maximum atomic E-state index is 15.0. The van der Waals surface area contributed by atoms with Crippen molar-refractivity contribution in [1.82, 2.24) is 10.3 Å². The molecule has 3 aromatic carbocycles. The van der Waals surface area contributed by atoms with Gasteiger partial charge in [-0.15, -0.1) is 11.3 Å². The van der Waals surface area contributed by atoms with Gasteiger partial charge in [0.05, 0.1) is 32.8 Å². The number of nitrogens with zero attached hydrogens (tertiary/aromatic N) is 1. The largest absolute Gasteiger partial charge is 0.454 e. The van der Waals surface area contributed by atoms with Crippen molar-refractivity contribution < 1.29 is 41.1 Å². The molecule has 5 aromatic rings. The number of thiazole rings is 1. The van der Waals surface area contributed by atoms with Crippen molar-refractivity contribution in [2.24, 2.45) is 5.92 Å². The molecule has 0 atom stereocenters. The molecule has 0 unspecified atom stereocenters. The minimum absolute atomic E-state index is 0.0135. The molecule has 1 saturated carbocycles. The van der Waals surface area contributed by atoms with E-state index in [1.165, 1.54) is 35.6 Å². The van der Waals surface area contributed by atoms with E-state index in [-0.39, 0.29) is 57.2 Å². The van der Waals surface area contributed by atoms with Crippen LogP contribution < -0.4 is 20.7 Å². The van der Waals surface area contributed by atoms with E-state index in [0.717, 1.165) is 41.7 Å². The van der Waals surface area contributed by atoms with Crippen molar-refractivity contribution >= 4 is 61.4 Å². The van der Waals surface area contributed by atoms with Crippen LogP contribution >= 0.6 is 22.7 Å². The second kappa shape index (κ2) is 14.3. The summed E-state index contributed by atoms with van der Waals surface area (Å²) in [7, 11) is 0. The van der Waals surface area contributed by atoms with E-state index in [1.807, 2.05) is 11.4 Å². The first-order valence-electron chi connectivity index (χ1n) is 15.1. The summed E-state index contributed by atoms with van der Waals surface area (Å²) < 4.78 is 74.8. The number of carbonyl (C=O) groups is 3. The lowest BCUT2D eigenvalue weighted by molar-refractivity contribution is -0.137. The SMILES string of the molecule is O=C(Cc1cccc(C(F)(F)F)c1)Nc1cc(Oc2cc3sc(NC(=O)C4CCC(NC(=O)c5cccs5)CC4)nc3cc2F)ccc1F. The predicted molar refractivity (Wildman–Crippen MR) is 176 cm³/mol. The molecule has 2 heterocycles. The molecule has 1 fully saturated rings. The van der Waals surface area contributed by atoms with Gasteiger partial charge in [-0.2, -0.15) is 13.2 Å². The first-order valence-corrected chi connectivity index (χ1v) is 16.8. The second-order valence-corrected chi connectivity index (χ2v) is 13.4. The van der Waals surface area contributed by atoms with E-state index in [4.69, 9.17) is 4.74 Å². The Labute approximate surface area is 284 Å². The maximum Gasteiger partial charge on any atom is 0.416 e. The van der Waals surface area contributed by atoms with Crippen molar-refractivity contribution in [2.45, 2.75) is 44.3 Å². The molecule has 0 radical (unpaired) electrons. The van der Waals surface area contributed by atoms with Crippen LogP contribution in [0.2, 0.25) is 0 Å². The van der Waals surface area contributed by atoms with Gasteiger partial charge in [0.2, 0.25) is 11.8 Å². The number of rotatable bonds is 9. The summed E-state index contributed by atoms with van der Waals surface area (Å²) in [5.41, 5.74) is -0.854. The van der Waals surface area contributed by atoms with Crippen LogP contribution in [0.15, 0.2) is 72.1 Å². The number of hydrogen-bond donors (Lipinski definition) is 3. The Balaban J connectivity index is 1.06. The number of carbonyl (C=O) groups excluding carboxylic acids is 3. The molecule has 1 aliphatic carbocycles. The third kappa shape index (κ3) is 8.40. The zero-order valence-corrected chi connectivity index (χ0v) is 27.0. The Morgan fingerprint density at radius 1 is 0.898 bits per heavy atom. The van der Waals surface area contributed by atoms with Gasteiger partial charge in [-0.3, -0.25) is 14.4 Å². The lowest BCUT2D eigenvalue weighted by Gasteiger charge is -2.28. The van der Waals surface area contributed by atoms with Crippen LogP contribution in [-0.2, 0) is 22.2 Å². The summed E-state index contributed by atoms with van der Waals surface area (Å²) in [6.07, 6.45) is -2.53. The summed E-state index contributed by atoms with van der Waals surface area (Å²) in [6.45, 7) is 0. The third-order valence-corrected chi connectivity index (χ3v) is 9.71. The number of anilines is 2. The van der Waals surface area contributed by atoms with Crippen LogP contribution in [0, 0.1) is 17.6 Å². The third-order valence-electron chi connectivity index (χ3n) is 7.91. The van der Waals surface area contributed by atoms with Gasteiger partial charge in [0.1, 0.15) is 11.6 Å². The number of aromatic nitrogens is 1. The van der Waals surface area contributed by atoms with Gasteiger partial charge in [-0.25, -0.2) is 13.8 Å². The Hall–Kier alpha value is -4.89. The fraction of sp³-hybridized carbons (Fsp3) is 0.235. The monoisotopic (exact) mass is 714 g/mol. The van der Waals surface area contributed by atoms with Gasteiger partial charge in [-0.1, -0.05) is 35.6 Å². The number of alkyl halides is 3. The van der Waals surface area contributed by atoms with Gasteiger partial charge in [0.15, 0.2) is 16.7 Å². The molecule has 8 nitrogen and oxygen atoms in total. The molecule has 0 aliphatic heterocycles. The van der Waals surface area contributed by atoms with E-state index >= 15 is 4.39 Å². The molecule has 3 N–H and O–H groups in total. The summed E-state index contributed by atoms with van der Waals surface area (Å²) in [6, 6.07) is 13.7. The van der Waals surface area contributed by atoms with Gasteiger partial charge in [0.25, 0.3) is 5.91 Å². The quantitative estimate of drug-likeness (QED) is 0.133. The molecule has 0 spiro atoms. The van der Waals surface area contributed by atoms with E-state index in [2.05, 4.69) is 20.9 Å². The number of hydrogen-bond acceptors (Lipinski definition) is 7. The zero-order valence-electron chi connectivity index (χ0n) is 25.4. The summed E-state index contributed by atoms with van der Waals surface area (Å²) in [5, 5.41) is 10.3. The highest BCUT2D eigenvalue weighted by atomic mass is 32.1. The van der Waals surface area contributed by atoms with Crippen molar-refractivity contribution in [3.05, 3.63) is 99.7 Å². The van der Waals surface area contributed by atoms with E-state index in [9.17, 15) is 31.9 Å². The fourth-order valence-electron chi connectivity index (χ4n) is 5.46. The van der Waals surface area contributed by atoms with Crippen molar-refractivity contribution in [3.8, 4) is 11.5 Å². The van der Waals surface area contributed by atoms with Gasteiger partial charge in [0, 0.05) is 30.2 Å². The number of benzene rings is 3. The molecular formula is C34H27F5N4O4S2. The number of halogens is 5. The first kappa shape index (κ1) is 34.0. The first-order chi connectivity index (χ1) is 23.4. The van der Waals surface area contributed by atoms with Gasteiger partial charge < -0.3 is 20.7 Å². The average Bonchev–Trinajstić information content (AvgIpc) is 3.73. The van der Waals surface area contributed by atoms with Crippen LogP contribution in [0.5, 0.6) is 11.5 Å². The molecule has 15 heteroatoms. The van der Waals surface area contributed by atoms with E-state index < -0.39 is 35.7 Å². The Morgan fingerprint density at radius 2 is 1.69 bits per heavy atom. The maximum absolute atomic E-state index is 15.0. The number of nitrogens with one attached hydrogen (secondary N) is 3. The number of ether oxygens (including phenoxy) is 1. The molecule has 3 amide bonds. The topological polar surface area (TPSA) is 109 Å². The minimum Gasteiger partial charge on any atom is -0.454 e. The van der Waals surface area contributed by atoms with E-state index in [0.29, 0.717) is 35.3 Å². The van der Waals surface area contributed by atoms with Gasteiger partial charge in [-0.05, 0) is 60.9 Å². The Bertz CT molecular complexity index is 2010. The summed E-state index contributed by atoms with van der Waals surface area (Å²) in [5.74, 6) is -3.22. The van der Waals surface area contributed by atoms with Crippen LogP contribution in [-0.4, -0.2) is 28.7 Å². The fourth-order valence-corrected chi connectivity index (χ4v) is 6.97. The number of fused-ring (bicyclic) bond motifs is 1. The molecule has 1 aliphatic rings. The number of thiophene rings is 1. The highest BCUT2D eigenvalue weighted by Gasteiger charge is 2.31. The predicted octanol–water partition coefficient (Wildman–Crippen LogP) is 8.56. The molecule has 49 heavy (non-hydrogen) atoms. The van der Waals surface area contributed by atoms with E-state index in [1.54, 1.807) is 6.07 Å². The zero-order chi connectivity index (χ0) is 34.7. The second-order valence-electron chi connectivity index (χ2n) is 11.4. The van der Waals surface area contributed by atoms with Crippen LogP contribution in [0.3, 0.4) is 0 Å². The van der Waals surface area contributed by atoms with Crippen LogP contribution in [0.25, 0.3) is 10.2 Å². The Kier molecular flexibility index (Phi) is 9.92. The molecule has 0 bridgehead atoms. The lowest BCUT2D eigenvalue weighted by atomic mass is 9.85. The minimum atomic E-state index is -4.58. The molecule has 254 valence electrons. The Morgan fingerprint density at radius 3 is 2.43 bits per heavy atom. The normalized spacial score (nSPS) is 16.3. The van der Waals surface area contributed by atoms with Crippen LogP contribution in [0.4, 0.5) is 32.8 Å². The highest BCUT2D eigenvalue weighted by Crippen LogP contribution is 2.36. The molecular weight excluding hydrogens is 688 g/mol. The van der Waals surface area contributed by atoms with Crippen molar-refractivity contribution in [1.29, 1.82) is 0 Å². The van der Waals surface area contributed by atoms with Crippen molar-refractivity contribution in [2.75, 3.05) is 10.6 Å². The van der Waals surface area contributed by atoms with Gasteiger partial charge >= 0.3 is 6.18 Å². The molecule has 0 saturated heterocycles. The molecule has 2 aromatic heterocycles. The standard InChI is InChI=1S/C34H27F5N4O4S2/c35-23-11-10-22(15-25(23)41-30(44)14-18-3-1-4-20(13-18)34(37,38)39)47-27-17-29-26(16-24(27)36)42-33(49-29)43-31(45)19-6-8-21(9-7-19)40-32(46)28-5-2-12-48-28/h1-5,10-13,15-17,19,21H,6-9,14H2,(H,40,46)(H,41,44)(H,42,43,45). The summed E-state index contributed by atoms with van der Waals surface area (Å²) in [4.78, 5) is 42.8. The number of amides is 3. The molecule has 6 rings (SSSR count). The van der Waals surface area contributed by atoms with Crippen LogP contribution in [0.1, 0.15) is 46.5 Å². The van der Waals surface area contributed by atoms with Crippen molar-refractivity contribution in [3.63, 3.8) is 0 Å².